The highest BCUT2D eigenvalue weighted by Gasteiger charge is 2.11. The summed E-state index contributed by atoms with van der Waals surface area (Å²) in [6, 6.07) is 14.7. The Morgan fingerprint density at radius 1 is 1.05 bits per heavy atom. The van der Waals surface area contributed by atoms with Crippen molar-refractivity contribution in [2.45, 2.75) is 0 Å². The predicted molar refractivity (Wildman–Crippen MR) is 77.6 cm³/mol. The van der Waals surface area contributed by atoms with Crippen LogP contribution in [0.25, 0.3) is 33.3 Å². The van der Waals surface area contributed by atoms with Gasteiger partial charge in [-0.2, -0.15) is 0 Å². The van der Waals surface area contributed by atoms with Crippen molar-refractivity contribution in [2.24, 2.45) is 0 Å². The van der Waals surface area contributed by atoms with Crippen LogP contribution in [0.3, 0.4) is 0 Å². The lowest BCUT2D eigenvalue weighted by Gasteiger charge is -2.03. The monoisotopic (exact) mass is 262 g/mol. The average molecular weight is 262 g/mol. The van der Waals surface area contributed by atoms with Crippen molar-refractivity contribution in [3.05, 3.63) is 65.1 Å². The Morgan fingerprint density at radius 2 is 1.90 bits per heavy atom. The SMILES string of the molecule is O=c1cc(-c2ccccc2)oc2c1ccc1[nH]cnc12. The third-order valence-corrected chi connectivity index (χ3v) is 3.34. The summed E-state index contributed by atoms with van der Waals surface area (Å²) in [5.74, 6) is 0.554. The molecule has 1 N–H and O–H groups in total. The summed E-state index contributed by atoms with van der Waals surface area (Å²) in [5, 5.41) is 0.546. The van der Waals surface area contributed by atoms with E-state index in [-0.39, 0.29) is 5.43 Å². The van der Waals surface area contributed by atoms with Crippen molar-refractivity contribution in [1.29, 1.82) is 0 Å². The molecule has 0 amide bonds. The number of aromatic amines is 1. The number of nitrogens with zero attached hydrogens (tertiary/aromatic N) is 1. The van der Waals surface area contributed by atoms with Crippen LogP contribution in [0.15, 0.2) is 64.1 Å². The summed E-state index contributed by atoms with van der Waals surface area (Å²) < 4.78 is 5.92. The quantitative estimate of drug-likeness (QED) is 0.572. The Hall–Kier alpha value is -2.88. The fraction of sp³-hybridized carbons (Fsp3) is 0. The number of hydrogen-bond acceptors (Lipinski definition) is 3. The first kappa shape index (κ1) is 11.0. The summed E-state index contributed by atoms with van der Waals surface area (Å²) >= 11 is 0. The highest BCUT2D eigenvalue weighted by atomic mass is 16.3. The number of hydrogen-bond donors (Lipinski definition) is 1. The maximum absolute atomic E-state index is 12.2. The molecule has 0 unspecified atom stereocenters. The van der Waals surface area contributed by atoms with Gasteiger partial charge in [0, 0.05) is 11.6 Å². The molecule has 2 aromatic carbocycles. The lowest BCUT2D eigenvalue weighted by Crippen LogP contribution is -2.00. The Morgan fingerprint density at radius 3 is 2.75 bits per heavy atom. The molecule has 0 saturated heterocycles. The first-order chi connectivity index (χ1) is 9.83. The normalized spacial score (nSPS) is 11.2. The maximum atomic E-state index is 12.2. The van der Waals surface area contributed by atoms with E-state index in [9.17, 15) is 4.79 Å². The number of H-pyrrole nitrogens is 1. The lowest BCUT2D eigenvalue weighted by molar-refractivity contribution is 0.622. The smallest absolute Gasteiger partial charge is 0.193 e. The van der Waals surface area contributed by atoms with Gasteiger partial charge in [0.25, 0.3) is 0 Å². The molecule has 2 aromatic heterocycles. The second kappa shape index (κ2) is 4.06. The van der Waals surface area contributed by atoms with Crippen molar-refractivity contribution in [2.75, 3.05) is 0 Å². The fourth-order valence-corrected chi connectivity index (χ4v) is 2.36. The molecular formula is C16H10N2O2. The largest absolute Gasteiger partial charge is 0.453 e. The lowest BCUT2D eigenvalue weighted by atomic mass is 10.1. The summed E-state index contributed by atoms with van der Waals surface area (Å²) in [6.07, 6.45) is 1.60. The molecule has 20 heavy (non-hydrogen) atoms. The number of nitrogens with one attached hydrogen (secondary N) is 1. The zero-order valence-corrected chi connectivity index (χ0v) is 10.5. The molecule has 0 fully saturated rings. The number of aromatic nitrogens is 2. The molecule has 96 valence electrons. The van der Waals surface area contributed by atoms with Gasteiger partial charge in [-0.15, -0.1) is 0 Å². The predicted octanol–water partition coefficient (Wildman–Crippen LogP) is 3.34. The van der Waals surface area contributed by atoms with Gasteiger partial charge >= 0.3 is 0 Å². The molecule has 4 nitrogen and oxygen atoms in total. The molecule has 0 bridgehead atoms. The second-order valence-corrected chi connectivity index (χ2v) is 4.58. The molecule has 0 radical (unpaired) electrons. The highest BCUT2D eigenvalue weighted by Crippen LogP contribution is 2.26. The third-order valence-electron chi connectivity index (χ3n) is 3.34. The minimum atomic E-state index is -0.0602. The van der Waals surface area contributed by atoms with Crippen molar-refractivity contribution in [1.82, 2.24) is 9.97 Å². The molecule has 4 aromatic rings. The summed E-state index contributed by atoms with van der Waals surface area (Å²) in [5.41, 5.74) is 2.87. The van der Waals surface area contributed by atoms with Gasteiger partial charge < -0.3 is 9.40 Å². The minimum absolute atomic E-state index is 0.0602. The minimum Gasteiger partial charge on any atom is -0.453 e. The van der Waals surface area contributed by atoms with Gasteiger partial charge in [-0.1, -0.05) is 30.3 Å². The fourth-order valence-electron chi connectivity index (χ4n) is 2.36. The van der Waals surface area contributed by atoms with Crippen LogP contribution < -0.4 is 5.43 Å². The van der Waals surface area contributed by atoms with Crippen LogP contribution in [-0.4, -0.2) is 9.97 Å². The molecule has 4 heteroatoms. The number of rotatable bonds is 1. The van der Waals surface area contributed by atoms with E-state index in [0.717, 1.165) is 11.1 Å². The first-order valence-electron chi connectivity index (χ1n) is 6.28. The van der Waals surface area contributed by atoms with Crippen LogP contribution in [0.5, 0.6) is 0 Å². The molecule has 0 aliphatic carbocycles. The van der Waals surface area contributed by atoms with Crippen LogP contribution >= 0.6 is 0 Å². The molecule has 0 spiro atoms. The van der Waals surface area contributed by atoms with Crippen LogP contribution in [0, 0.1) is 0 Å². The second-order valence-electron chi connectivity index (χ2n) is 4.58. The van der Waals surface area contributed by atoms with E-state index in [2.05, 4.69) is 9.97 Å². The van der Waals surface area contributed by atoms with Crippen LogP contribution in [-0.2, 0) is 0 Å². The molecular weight excluding hydrogens is 252 g/mol. The molecule has 2 heterocycles. The van der Waals surface area contributed by atoms with Crippen molar-refractivity contribution < 1.29 is 4.42 Å². The number of benzene rings is 2. The zero-order valence-electron chi connectivity index (χ0n) is 10.5. The summed E-state index contributed by atoms with van der Waals surface area (Å²) in [7, 11) is 0. The molecule has 4 rings (SSSR count). The van der Waals surface area contributed by atoms with Gasteiger partial charge in [-0.3, -0.25) is 4.79 Å². The van der Waals surface area contributed by atoms with Gasteiger partial charge in [-0.25, -0.2) is 4.98 Å². The topological polar surface area (TPSA) is 58.9 Å². The Labute approximate surface area is 113 Å². The Bertz CT molecular complexity index is 968. The van der Waals surface area contributed by atoms with Crippen LogP contribution in [0.1, 0.15) is 0 Å². The molecule has 0 aliphatic rings. The number of fused-ring (bicyclic) bond motifs is 3. The molecule has 0 aliphatic heterocycles. The maximum Gasteiger partial charge on any atom is 0.193 e. The van der Waals surface area contributed by atoms with Gasteiger partial charge in [0.2, 0.25) is 0 Å². The highest BCUT2D eigenvalue weighted by molar-refractivity contribution is 6.00. The number of imidazole rings is 1. The van der Waals surface area contributed by atoms with E-state index in [1.807, 2.05) is 36.4 Å². The van der Waals surface area contributed by atoms with Crippen molar-refractivity contribution in [3.63, 3.8) is 0 Å². The van der Waals surface area contributed by atoms with Crippen molar-refractivity contribution in [3.8, 4) is 11.3 Å². The zero-order chi connectivity index (χ0) is 13.5. The molecule has 0 atom stereocenters. The Kier molecular flexibility index (Phi) is 2.23. The van der Waals surface area contributed by atoms with Gasteiger partial charge in [-0.05, 0) is 12.1 Å². The molecule has 0 saturated carbocycles. The van der Waals surface area contributed by atoms with Gasteiger partial charge in [0.15, 0.2) is 11.0 Å². The van der Waals surface area contributed by atoms with Crippen molar-refractivity contribution >= 4 is 22.0 Å². The summed E-state index contributed by atoms with van der Waals surface area (Å²) in [6.45, 7) is 0. The van der Waals surface area contributed by atoms with Gasteiger partial charge in [0.05, 0.1) is 17.2 Å². The average Bonchev–Trinajstić information content (AvgIpc) is 2.97. The van der Waals surface area contributed by atoms with E-state index in [1.54, 1.807) is 12.4 Å². The van der Waals surface area contributed by atoms with E-state index in [4.69, 9.17) is 4.42 Å². The van der Waals surface area contributed by atoms with E-state index < -0.39 is 0 Å². The van der Waals surface area contributed by atoms with Gasteiger partial charge in [0.1, 0.15) is 11.3 Å². The first-order valence-corrected chi connectivity index (χ1v) is 6.28. The van der Waals surface area contributed by atoms with E-state index in [1.165, 1.54) is 6.07 Å². The van der Waals surface area contributed by atoms with E-state index >= 15 is 0 Å². The Balaban J connectivity index is 2.13. The third kappa shape index (κ3) is 1.55. The van der Waals surface area contributed by atoms with E-state index in [0.29, 0.717) is 22.2 Å². The van der Waals surface area contributed by atoms with Crippen LogP contribution in [0.4, 0.5) is 0 Å². The summed E-state index contributed by atoms with van der Waals surface area (Å²) in [4.78, 5) is 19.5. The van der Waals surface area contributed by atoms with Crippen LogP contribution in [0.2, 0.25) is 0 Å². The standard InChI is InChI=1S/C16H10N2O2/c19-13-8-14(10-4-2-1-3-5-10)20-16-11(13)6-7-12-15(16)18-9-17-12/h1-9H,(H,17,18).